The van der Waals surface area contributed by atoms with Crippen LogP contribution in [0.1, 0.15) is 88.3 Å². The molecule has 248 valence electrons. The molecule has 0 heterocycles. The van der Waals surface area contributed by atoms with Gasteiger partial charge in [-0.25, -0.2) is 0 Å². The Morgan fingerprint density at radius 1 is 0.673 bits per heavy atom. The molecule has 0 bridgehead atoms. The summed E-state index contributed by atoms with van der Waals surface area (Å²) in [5.41, 5.74) is 13.8. The predicted molar refractivity (Wildman–Crippen MR) is 208 cm³/mol. The molecule has 6 aliphatic rings. The zero-order valence-electron chi connectivity index (χ0n) is 29.3. The minimum Gasteiger partial charge on any atom is -0.338 e. The molecule has 0 spiro atoms. The minimum atomic E-state index is -0.0481. The summed E-state index contributed by atoms with van der Waals surface area (Å²) < 4.78 is 0. The van der Waals surface area contributed by atoms with Gasteiger partial charge in [-0.2, -0.15) is 0 Å². The van der Waals surface area contributed by atoms with Crippen molar-refractivity contribution in [2.45, 2.75) is 89.5 Å². The summed E-state index contributed by atoms with van der Waals surface area (Å²) in [5, 5.41) is 0. The third-order valence-electron chi connectivity index (χ3n) is 11.3. The Morgan fingerprint density at radius 2 is 1.45 bits per heavy atom. The lowest BCUT2D eigenvalue weighted by Crippen LogP contribution is -2.33. The summed E-state index contributed by atoms with van der Waals surface area (Å²) in [6, 6.07) is 14.9. The predicted octanol–water partition coefficient (Wildman–Crippen LogP) is 12.1. The standard InChI is InChI=1S/C47H50N2/c1-47(2)45-33-36(24-23-35-25-28-41(29-26-35)48(37-15-7-3-8-16-37)38-17-9-4-10-18-38)27-31-43(45)44-32-30-42(34-46(44)47)49(39-19-11-5-12-20-39)40-21-13-6-14-22-40/h3-4,7-9,11,13,15,17,19-22,25,27-35,37H,5-6,10,12,14,16,18,23-24,26H2,1-2H3. The largest absolute Gasteiger partial charge is 0.338 e. The van der Waals surface area contributed by atoms with Gasteiger partial charge in [-0.05, 0) is 134 Å². The molecule has 6 aliphatic carbocycles. The van der Waals surface area contributed by atoms with Gasteiger partial charge in [-0.1, -0.05) is 111 Å². The van der Waals surface area contributed by atoms with E-state index in [-0.39, 0.29) is 5.41 Å². The molecule has 2 aromatic rings. The molecular formula is C47H50N2. The van der Waals surface area contributed by atoms with E-state index in [0.717, 1.165) is 57.8 Å². The van der Waals surface area contributed by atoms with Crippen LogP contribution < -0.4 is 4.90 Å². The van der Waals surface area contributed by atoms with Gasteiger partial charge in [-0.15, -0.1) is 0 Å². The summed E-state index contributed by atoms with van der Waals surface area (Å²) >= 11 is 0. The van der Waals surface area contributed by atoms with E-state index in [1.54, 1.807) is 0 Å². The monoisotopic (exact) mass is 642 g/mol. The Labute approximate surface area is 294 Å². The van der Waals surface area contributed by atoms with Crippen molar-refractivity contribution in [1.29, 1.82) is 0 Å². The molecule has 0 fully saturated rings. The highest BCUT2D eigenvalue weighted by Gasteiger charge is 2.36. The van der Waals surface area contributed by atoms with Crippen LogP contribution in [0.3, 0.4) is 0 Å². The fraction of sp³-hybridized carbons (Fsp3) is 0.319. The van der Waals surface area contributed by atoms with Gasteiger partial charge >= 0.3 is 0 Å². The first kappa shape index (κ1) is 31.7. The summed E-state index contributed by atoms with van der Waals surface area (Å²) in [6.07, 6.45) is 48.4. The van der Waals surface area contributed by atoms with E-state index >= 15 is 0 Å². The lowest BCUT2D eigenvalue weighted by Gasteiger charge is -2.37. The summed E-state index contributed by atoms with van der Waals surface area (Å²) in [6.45, 7) is 4.85. The smallest absolute Gasteiger partial charge is 0.0556 e. The van der Waals surface area contributed by atoms with Crippen LogP contribution in [0, 0.1) is 5.92 Å². The van der Waals surface area contributed by atoms with Crippen molar-refractivity contribution in [3.63, 3.8) is 0 Å². The molecule has 2 atom stereocenters. The maximum atomic E-state index is 2.59. The van der Waals surface area contributed by atoms with Gasteiger partial charge in [0.05, 0.1) is 6.04 Å². The maximum Gasteiger partial charge on any atom is 0.0556 e. The van der Waals surface area contributed by atoms with Crippen molar-refractivity contribution >= 4 is 5.69 Å². The van der Waals surface area contributed by atoms with Crippen LogP contribution >= 0.6 is 0 Å². The third kappa shape index (κ3) is 6.34. The molecule has 49 heavy (non-hydrogen) atoms. The fourth-order valence-corrected chi connectivity index (χ4v) is 8.56. The second-order valence-electron chi connectivity index (χ2n) is 14.9. The number of hydrogen-bond acceptors (Lipinski definition) is 2. The molecule has 2 nitrogen and oxygen atoms in total. The molecule has 0 aliphatic heterocycles. The van der Waals surface area contributed by atoms with Gasteiger partial charge in [0.15, 0.2) is 0 Å². The molecule has 0 amide bonds. The minimum absolute atomic E-state index is 0.0481. The van der Waals surface area contributed by atoms with Gasteiger partial charge in [0.1, 0.15) is 0 Å². The number of aryl methyl sites for hydroxylation is 1. The zero-order chi connectivity index (χ0) is 33.2. The molecule has 2 heteroatoms. The number of anilines is 1. The van der Waals surface area contributed by atoms with Crippen LogP contribution in [0.2, 0.25) is 0 Å². The summed E-state index contributed by atoms with van der Waals surface area (Å²) in [4.78, 5) is 5.06. The van der Waals surface area contributed by atoms with E-state index in [4.69, 9.17) is 0 Å². The molecular weight excluding hydrogens is 593 g/mol. The highest BCUT2D eigenvalue weighted by molar-refractivity contribution is 5.83. The van der Waals surface area contributed by atoms with Crippen LogP contribution in [0.5, 0.6) is 0 Å². The van der Waals surface area contributed by atoms with E-state index in [9.17, 15) is 0 Å². The second kappa shape index (κ2) is 13.7. The molecule has 0 saturated carbocycles. The molecule has 2 unspecified atom stereocenters. The van der Waals surface area contributed by atoms with E-state index < -0.39 is 0 Å². The molecule has 0 N–H and O–H groups in total. The Bertz CT molecular complexity index is 1880. The Kier molecular flexibility index (Phi) is 8.89. The Balaban J connectivity index is 0.982. The average Bonchev–Trinajstić information content (AvgIpc) is 3.38. The number of allylic oxidation sites excluding steroid dienone is 15. The first-order valence-electron chi connectivity index (χ1n) is 18.7. The van der Waals surface area contributed by atoms with Gasteiger partial charge < -0.3 is 9.80 Å². The zero-order valence-corrected chi connectivity index (χ0v) is 29.3. The van der Waals surface area contributed by atoms with Crippen molar-refractivity contribution in [3.8, 4) is 11.1 Å². The number of nitrogens with zero attached hydrogens (tertiary/aromatic N) is 2. The van der Waals surface area contributed by atoms with E-state index in [0.29, 0.717) is 12.0 Å². The van der Waals surface area contributed by atoms with Crippen LogP contribution in [0.15, 0.2) is 156 Å². The molecule has 2 aromatic carbocycles. The lowest BCUT2D eigenvalue weighted by atomic mass is 9.81. The van der Waals surface area contributed by atoms with Crippen molar-refractivity contribution in [2.24, 2.45) is 5.92 Å². The van der Waals surface area contributed by atoms with Crippen LogP contribution in [0.25, 0.3) is 11.1 Å². The topological polar surface area (TPSA) is 6.48 Å². The number of fused-ring (bicyclic) bond motifs is 3. The van der Waals surface area contributed by atoms with Crippen molar-refractivity contribution in [2.75, 3.05) is 4.90 Å². The fourth-order valence-electron chi connectivity index (χ4n) is 8.56. The van der Waals surface area contributed by atoms with Crippen LogP contribution in [-0.2, 0) is 11.8 Å². The van der Waals surface area contributed by atoms with Gasteiger partial charge in [-0.3, -0.25) is 0 Å². The van der Waals surface area contributed by atoms with E-state index in [1.807, 2.05) is 0 Å². The third-order valence-corrected chi connectivity index (χ3v) is 11.3. The van der Waals surface area contributed by atoms with Crippen molar-refractivity contribution < 1.29 is 0 Å². The van der Waals surface area contributed by atoms with Crippen LogP contribution in [0.4, 0.5) is 5.69 Å². The normalized spacial score (nSPS) is 23.0. The molecule has 8 rings (SSSR count). The Morgan fingerprint density at radius 3 is 2.10 bits per heavy atom. The summed E-state index contributed by atoms with van der Waals surface area (Å²) in [7, 11) is 0. The molecule has 0 radical (unpaired) electrons. The maximum absolute atomic E-state index is 2.59. The van der Waals surface area contributed by atoms with Gasteiger partial charge in [0, 0.05) is 33.9 Å². The Hall–Kier alpha value is -4.56. The van der Waals surface area contributed by atoms with Crippen molar-refractivity contribution in [3.05, 3.63) is 173 Å². The highest BCUT2D eigenvalue weighted by atomic mass is 15.2. The summed E-state index contributed by atoms with van der Waals surface area (Å²) in [5.74, 6) is 0.575. The van der Waals surface area contributed by atoms with Crippen LogP contribution in [-0.4, -0.2) is 10.9 Å². The van der Waals surface area contributed by atoms with Crippen molar-refractivity contribution in [1.82, 2.24) is 4.90 Å². The average molecular weight is 643 g/mol. The number of hydrogen-bond donors (Lipinski definition) is 0. The van der Waals surface area contributed by atoms with E-state index in [1.165, 1.54) is 62.7 Å². The first-order chi connectivity index (χ1) is 24.1. The lowest BCUT2D eigenvalue weighted by molar-refractivity contribution is 0.353. The highest BCUT2D eigenvalue weighted by Crippen LogP contribution is 2.50. The van der Waals surface area contributed by atoms with E-state index in [2.05, 4.69) is 157 Å². The van der Waals surface area contributed by atoms with Gasteiger partial charge in [0.2, 0.25) is 0 Å². The SMILES string of the molecule is CC1(C)c2cc(CCC3C=CC(N(C4=CC=CCC4)C4C=CC=CC4)=CC3)ccc2-c2ccc(N(C3=CCCC=C3)C3=CCCC=C3)cc21. The first-order valence-corrected chi connectivity index (χ1v) is 18.7. The quantitative estimate of drug-likeness (QED) is 0.269. The van der Waals surface area contributed by atoms with Gasteiger partial charge in [0.25, 0.3) is 0 Å². The molecule has 0 aromatic heterocycles. The molecule has 0 saturated heterocycles. The second-order valence-corrected chi connectivity index (χ2v) is 14.9. The number of rotatable bonds is 9. The number of benzene rings is 2.